The van der Waals surface area contributed by atoms with Crippen LogP contribution in [-0.4, -0.2) is 27.1 Å². The van der Waals surface area contributed by atoms with E-state index in [0.717, 1.165) is 41.5 Å². The van der Waals surface area contributed by atoms with Crippen LogP contribution >= 0.6 is 0 Å². The van der Waals surface area contributed by atoms with Gasteiger partial charge in [-0.05, 0) is 79.6 Å². The Morgan fingerprint density at radius 2 is 2.00 bits per heavy atom. The molecule has 0 saturated heterocycles. The Morgan fingerprint density at radius 3 is 2.90 bits per heavy atom. The highest BCUT2D eigenvalue weighted by atomic mass is 16.5. The lowest BCUT2D eigenvalue weighted by Gasteiger charge is -2.07. The Labute approximate surface area is 170 Å². The van der Waals surface area contributed by atoms with E-state index in [4.69, 9.17) is 4.74 Å². The zero-order valence-electron chi connectivity index (χ0n) is 16.7. The highest BCUT2D eigenvalue weighted by Gasteiger charge is 2.06. The Balaban J connectivity index is 1.36. The average Bonchev–Trinajstić information content (AvgIpc) is 3.15. The van der Waals surface area contributed by atoms with E-state index < -0.39 is 0 Å². The quantitative estimate of drug-likeness (QED) is 0.411. The second-order valence-corrected chi connectivity index (χ2v) is 7.16. The molecule has 0 spiro atoms. The van der Waals surface area contributed by atoms with Gasteiger partial charge in [0.15, 0.2) is 5.65 Å². The summed E-state index contributed by atoms with van der Waals surface area (Å²) in [5.74, 6) is -0.150. The molecule has 0 saturated carbocycles. The van der Waals surface area contributed by atoms with Crippen molar-refractivity contribution in [3.05, 3.63) is 72.2 Å². The number of fused-ring (bicyclic) bond motifs is 2. The SMILES string of the molecule is CCOC(=O)CCn1ccc2cc(CCCc3ccc4cccnc4n3)ccc21. The van der Waals surface area contributed by atoms with Gasteiger partial charge >= 0.3 is 5.97 Å². The molecule has 0 aliphatic rings. The van der Waals surface area contributed by atoms with E-state index in [0.29, 0.717) is 19.6 Å². The summed E-state index contributed by atoms with van der Waals surface area (Å²) in [6.45, 7) is 2.90. The zero-order valence-corrected chi connectivity index (χ0v) is 16.7. The number of aryl methyl sites for hydroxylation is 3. The largest absolute Gasteiger partial charge is 0.466 e. The van der Waals surface area contributed by atoms with Gasteiger partial charge < -0.3 is 9.30 Å². The van der Waals surface area contributed by atoms with Crippen LogP contribution in [0.3, 0.4) is 0 Å². The standard InChI is InChI=1S/C24H25N3O2/c1-2-29-23(28)13-16-27-15-12-20-17-18(8-11-22(20)27)5-3-7-21-10-9-19-6-4-14-25-24(19)26-21/h4,6,8-12,14-15,17H,2-3,5,7,13,16H2,1H3. The van der Waals surface area contributed by atoms with Crippen molar-refractivity contribution in [2.45, 2.75) is 39.2 Å². The van der Waals surface area contributed by atoms with Crippen molar-refractivity contribution in [1.82, 2.24) is 14.5 Å². The van der Waals surface area contributed by atoms with Crippen LogP contribution in [0.2, 0.25) is 0 Å². The molecule has 0 aliphatic heterocycles. The summed E-state index contributed by atoms with van der Waals surface area (Å²) in [6.07, 6.45) is 7.21. The van der Waals surface area contributed by atoms with Crippen molar-refractivity contribution in [2.75, 3.05) is 6.61 Å². The lowest BCUT2D eigenvalue weighted by Crippen LogP contribution is -2.08. The number of benzene rings is 1. The van der Waals surface area contributed by atoms with Crippen LogP contribution in [0.15, 0.2) is 60.9 Å². The number of rotatable bonds is 8. The Bertz CT molecular complexity index is 1130. The van der Waals surface area contributed by atoms with E-state index in [2.05, 4.69) is 50.9 Å². The zero-order chi connectivity index (χ0) is 20.1. The van der Waals surface area contributed by atoms with E-state index >= 15 is 0 Å². The molecular weight excluding hydrogens is 362 g/mol. The maximum Gasteiger partial charge on any atom is 0.307 e. The minimum absolute atomic E-state index is 0.150. The summed E-state index contributed by atoms with van der Waals surface area (Å²) >= 11 is 0. The number of carbonyl (C=O) groups is 1. The van der Waals surface area contributed by atoms with Crippen molar-refractivity contribution < 1.29 is 9.53 Å². The first-order valence-corrected chi connectivity index (χ1v) is 10.2. The fraction of sp³-hybridized carbons (Fsp3) is 0.292. The van der Waals surface area contributed by atoms with E-state index in [1.165, 1.54) is 10.9 Å². The molecule has 0 amide bonds. The second kappa shape index (κ2) is 8.86. The maximum atomic E-state index is 11.6. The molecule has 29 heavy (non-hydrogen) atoms. The molecule has 0 fully saturated rings. The van der Waals surface area contributed by atoms with Crippen LogP contribution in [0.5, 0.6) is 0 Å². The van der Waals surface area contributed by atoms with Gasteiger partial charge in [-0.1, -0.05) is 6.07 Å². The molecule has 0 radical (unpaired) electrons. The third kappa shape index (κ3) is 4.62. The summed E-state index contributed by atoms with van der Waals surface area (Å²) in [4.78, 5) is 20.6. The van der Waals surface area contributed by atoms with Crippen LogP contribution < -0.4 is 0 Å². The number of nitrogens with zero attached hydrogens (tertiary/aromatic N) is 3. The summed E-state index contributed by atoms with van der Waals surface area (Å²) in [5, 5.41) is 2.29. The van der Waals surface area contributed by atoms with Crippen LogP contribution in [0.4, 0.5) is 0 Å². The van der Waals surface area contributed by atoms with E-state index in [1.54, 1.807) is 6.20 Å². The second-order valence-electron chi connectivity index (χ2n) is 7.16. The number of esters is 1. The van der Waals surface area contributed by atoms with Gasteiger partial charge in [0, 0.05) is 35.5 Å². The van der Waals surface area contributed by atoms with Crippen LogP contribution in [0.25, 0.3) is 21.9 Å². The van der Waals surface area contributed by atoms with Gasteiger partial charge in [0.2, 0.25) is 0 Å². The number of aromatic nitrogens is 3. The summed E-state index contributed by atoms with van der Waals surface area (Å²) < 4.78 is 7.13. The molecule has 0 atom stereocenters. The normalized spacial score (nSPS) is 11.2. The first-order valence-electron chi connectivity index (χ1n) is 10.2. The highest BCUT2D eigenvalue weighted by molar-refractivity contribution is 5.81. The lowest BCUT2D eigenvalue weighted by atomic mass is 10.0. The van der Waals surface area contributed by atoms with Gasteiger partial charge in [0.25, 0.3) is 0 Å². The summed E-state index contributed by atoms with van der Waals surface area (Å²) in [6, 6.07) is 16.8. The minimum atomic E-state index is -0.150. The van der Waals surface area contributed by atoms with Crippen molar-refractivity contribution in [3.63, 3.8) is 0 Å². The molecule has 3 aromatic heterocycles. The van der Waals surface area contributed by atoms with Gasteiger partial charge in [0.1, 0.15) is 0 Å². The van der Waals surface area contributed by atoms with Crippen molar-refractivity contribution in [1.29, 1.82) is 0 Å². The Morgan fingerprint density at radius 1 is 1.07 bits per heavy atom. The number of pyridine rings is 2. The summed E-state index contributed by atoms with van der Waals surface area (Å²) in [7, 11) is 0. The van der Waals surface area contributed by atoms with E-state index in [1.807, 2.05) is 25.3 Å². The fourth-order valence-corrected chi connectivity index (χ4v) is 3.65. The summed E-state index contributed by atoms with van der Waals surface area (Å²) in [5.41, 5.74) is 4.37. The monoisotopic (exact) mass is 387 g/mol. The smallest absolute Gasteiger partial charge is 0.307 e. The first kappa shape index (κ1) is 19.1. The fourth-order valence-electron chi connectivity index (χ4n) is 3.65. The first-order chi connectivity index (χ1) is 14.2. The lowest BCUT2D eigenvalue weighted by molar-refractivity contribution is -0.143. The molecule has 3 heterocycles. The van der Waals surface area contributed by atoms with E-state index in [-0.39, 0.29) is 5.97 Å². The molecule has 148 valence electrons. The molecule has 0 bridgehead atoms. The predicted octanol–water partition coefficient (Wildman–Crippen LogP) is 4.71. The van der Waals surface area contributed by atoms with Crippen LogP contribution in [-0.2, 0) is 28.9 Å². The van der Waals surface area contributed by atoms with Crippen molar-refractivity contribution in [2.24, 2.45) is 0 Å². The predicted molar refractivity (Wildman–Crippen MR) is 115 cm³/mol. The molecule has 4 aromatic rings. The van der Waals surface area contributed by atoms with Gasteiger partial charge in [0.05, 0.1) is 13.0 Å². The number of hydrogen-bond donors (Lipinski definition) is 0. The van der Waals surface area contributed by atoms with Gasteiger partial charge in [-0.3, -0.25) is 4.79 Å². The van der Waals surface area contributed by atoms with Gasteiger partial charge in [-0.15, -0.1) is 0 Å². The Kier molecular flexibility index (Phi) is 5.84. The van der Waals surface area contributed by atoms with Crippen LogP contribution in [0.1, 0.15) is 31.0 Å². The topological polar surface area (TPSA) is 57.0 Å². The molecule has 4 rings (SSSR count). The molecule has 0 aliphatic carbocycles. The van der Waals surface area contributed by atoms with Gasteiger partial charge in [-0.2, -0.15) is 0 Å². The third-order valence-electron chi connectivity index (χ3n) is 5.12. The molecule has 0 unspecified atom stereocenters. The number of hydrogen-bond acceptors (Lipinski definition) is 4. The molecule has 0 N–H and O–H groups in total. The number of ether oxygens (including phenoxy) is 1. The molecular formula is C24H25N3O2. The third-order valence-corrected chi connectivity index (χ3v) is 5.12. The number of carbonyl (C=O) groups excluding carboxylic acids is 1. The Hall–Kier alpha value is -3.21. The minimum Gasteiger partial charge on any atom is -0.466 e. The van der Waals surface area contributed by atoms with Gasteiger partial charge in [-0.25, -0.2) is 9.97 Å². The maximum absolute atomic E-state index is 11.6. The molecule has 1 aromatic carbocycles. The highest BCUT2D eigenvalue weighted by Crippen LogP contribution is 2.20. The van der Waals surface area contributed by atoms with E-state index in [9.17, 15) is 4.79 Å². The van der Waals surface area contributed by atoms with Crippen molar-refractivity contribution >= 4 is 27.9 Å². The molecule has 5 heteroatoms. The van der Waals surface area contributed by atoms with Crippen molar-refractivity contribution in [3.8, 4) is 0 Å². The average molecular weight is 387 g/mol. The molecule has 5 nitrogen and oxygen atoms in total. The van der Waals surface area contributed by atoms with Crippen LogP contribution in [0, 0.1) is 0 Å².